The highest BCUT2D eigenvalue weighted by molar-refractivity contribution is 7.07. The van der Waals surface area contributed by atoms with Crippen LogP contribution in [0.4, 0.5) is 5.69 Å². The molecule has 0 saturated carbocycles. The molecule has 0 N–H and O–H groups in total. The molecule has 2 aromatic heterocycles. The minimum absolute atomic E-state index is 0.0201. The lowest BCUT2D eigenvalue weighted by Gasteiger charge is -2.24. The molecule has 0 amide bonds. The van der Waals surface area contributed by atoms with Crippen molar-refractivity contribution < 1.29 is 28.4 Å². The first kappa shape index (κ1) is 28.2. The van der Waals surface area contributed by atoms with Gasteiger partial charge in [-0.15, -0.1) is 0 Å². The average Bonchev–Trinajstić information content (AvgIpc) is 3.55. The summed E-state index contributed by atoms with van der Waals surface area (Å²) >= 11 is 1.13. The zero-order valence-electron chi connectivity index (χ0n) is 22.4. The molecule has 42 heavy (non-hydrogen) atoms. The summed E-state index contributed by atoms with van der Waals surface area (Å²) in [5, 5.41) is 11.0. The first-order chi connectivity index (χ1) is 20.2. The Morgan fingerprint density at radius 2 is 1.86 bits per heavy atom. The second-order valence-corrected chi connectivity index (χ2v) is 10.1. The first-order valence-electron chi connectivity index (χ1n) is 12.6. The number of nitrogens with zero attached hydrogens (tertiary/aromatic N) is 3. The van der Waals surface area contributed by atoms with Crippen molar-refractivity contribution in [2.45, 2.75) is 19.9 Å². The van der Waals surface area contributed by atoms with E-state index >= 15 is 0 Å². The van der Waals surface area contributed by atoms with Gasteiger partial charge in [0.1, 0.15) is 23.9 Å². The number of esters is 2. The van der Waals surface area contributed by atoms with E-state index in [2.05, 4.69) is 11.6 Å². The van der Waals surface area contributed by atoms with E-state index in [0.717, 1.165) is 11.3 Å². The van der Waals surface area contributed by atoms with Gasteiger partial charge >= 0.3 is 11.9 Å². The molecule has 1 atom stereocenters. The Kier molecular flexibility index (Phi) is 7.80. The van der Waals surface area contributed by atoms with Crippen molar-refractivity contribution in [3.8, 4) is 17.1 Å². The van der Waals surface area contributed by atoms with Crippen LogP contribution in [-0.2, 0) is 14.3 Å². The summed E-state index contributed by atoms with van der Waals surface area (Å²) in [4.78, 5) is 53.7. The lowest BCUT2D eigenvalue weighted by atomic mass is 9.96. The summed E-state index contributed by atoms with van der Waals surface area (Å²) in [7, 11) is 0. The molecule has 0 unspecified atom stereocenters. The quantitative estimate of drug-likeness (QED) is 0.0991. The zero-order valence-corrected chi connectivity index (χ0v) is 23.3. The van der Waals surface area contributed by atoms with E-state index in [0.29, 0.717) is 43.4 Å². The van der Waals surface area contributed by atoms with Gasteiger partial charge in [-0.3, -0.25) is 24.3 Å². The van der Waals surface area contributed by atoms with Gasteiger partial charge in [-0.2, -0.15) is 0 Å². The van der Waals surface area contributed by atoms with Crippen molar-refractivity contribution >= 4 is 35.0 Å². The lowest BCUT2D eigenvalue weighted by molar-refractivity contribution is -0.384. The smallest absolute Gasteiger partial charge is 0.338 e. The standard InChI is InChI=1S/C30H23N3O8S/c1-4-15-39-29(36)26-17(2)31-30-32(27(26)20-7-11-22(12-8-20)40-18(3)34)28(35)25(42-30)16-23-13-14-24(41-23)19-5-9-21(10-6-19)33(37)38/h4-14,16,27H,1,15H2,2-3H3/b25-16-/t27-/m1/s1. The first-order valence-corrected chi connectivity index (χ1v) is 13.4. The van der Waals surface area contributed by atoms with E-state index in [4.69, 9.17) is 13.9 Å². The number of rotatable bonds is 8. The van der Waals surface area contributed by atoms with Gasteiger partial charge in [0.25, 0.3) is 11.2 Å². The minimum atomic E-state index is -0.862. The maximum absolute atomic E-state index is 13.8. The zero-order chi connectivity index (χ0) is 30.0. The van der Waals surface area contributed by atoms with Crippen LogP contribution in [0.25, 0.3) is 17.4 Å². The van der Waals surface area contributed by atoms with Crippen LogP contribution in [0, 0.1) is 10.1 Å². The van der Waals surface area contributed by atoms with Gasteiger partial charge < -0.3 is 13.9 Å². The van der Waals surface area contributed by atoms with Crippen LogP contribution in [-0.4, -0.2) is 28.0 Å². The van der Waals surface area contributed by atoms with Crippen molar-refractivity contribution in [1.29, 1.82) is 0 Å². The van der Waals surface area contributed by atoms with Crippen LogP contribution in [0.5, 0.6) is 5.75 Å². The number of nitro groups is 1. The number of hydrogen-bond acceptors (Lipinski definition) is 10. The van der Waals surface area contributed by atoms with Crippen molar-refractivity contribution in [1.82, 2.24) is 4.57 Å². The number of hydrogen-bond donors (Lipinski definition) is 0. The van der Waals surface area contributed by atoms with Gasteiger partial charge in [0.05, 0.1) is 26.8 Å². The number of non-ortho nitro benzene ring substituents is 1. The molecular formula is C30H23N3O8S. The largest absolute Gasteiger partial charge is 0.458 e. The van der Waals surface area contributed by atoms with Gasteiger partial charge in [0.2, 0.25) is 0 Å². The molecule has 0 radical (unpaired) electrons. The second-order valence-electron chi connectivity index (χ2n) is 9.14. The van der Waals surface area contributed by atoms with Crippen molar-refractivity contribution in [2.75, 3.05) is 6.61 Å². The number of thiazole rings is 1. The van der Waals surface area contributed by atoms with Crippen LogP contribution in [0.15, 0.2) is 98.8 Å². The van der Waals surface area contributed by atoms with Gasteiger partial charge in [-0.05, 0) is 48.9 Å². The number of nitro benzene ring substituents is 1. The molecule has 12 heteroatoms. The second kappa shape index (κ2) is 11.6. The summed E-state index contributed by atoms with van der Waals surface area (Å²) < 4.78 is 18.1. The van der Waals surface area contributed by atoms with Crippen LogP contribution in [0.3, 0.4) is 0 Å². The Morgan fingerprint density at radius 1 is 1.14 bits per heavy atom. The molecular weight excluding hydrogens is 562 g/mol. The molecule has 11 nitrogen and oxygen atoms in total. The fraction of sp³-hybridized carbons (Fsp3) is 0.133. The Balaban J connectivity index is 1.58. The summed E-state index contributed by atoms with van der Waals surface area (Å²) in [6.45, 7) is 6.52. The molecule has 1 aliphatic rings. The summed E-state index contributed by atoms with van der Waals surface area (Å²) in [5.41, 5.74) is 1.36. The molecule has 3 heterocycles. The number of benzene rings is 2. The Morgan fingerprint density at radius 3 is 2.50 bits per heavy atom. The van der Waals surface area contributed by atoms with Gasteiger partial charge in [-0.1, -0.05) is 36.1 Å². The maximum Gasteiger partial charge on any atom is 0.338 e. The van der Waals surface area contributed by atoms with Gasteiger partial charge in [0, 0.05) is 30.7 Å². The SMILES string of the molecule is C=CCOC(=O)C1=C(C)N=c2s/c(=C\c3ccc(-c4ccc([N+](=O)[O-])cc4)o3)c(=O)n2[C@@H]1c1ccc(OC(C)=O)cc1. The maximum atomic E-state index is 13.8. The Hall–Kier alpha value is -5.36. The van der Waals surface area contributed by atoms with Gasteiger partial charge in [-0.25, -0.2) is 9.79 Å². The summed E-state index contributed by atoms with van der Waals surface area (Å²) in [5.74, 6) is 0.0554. The third-order valence-electron chi connectivity index (χ3n) is 6.29. The molecule has 0 bridgehead atoms. The number of ether oxygens (including phenoxy) is 2. The normalized spacial score (nSPS) is 14.6. The van der Waals surface area contributed by atoms with E-state index in [1.165, 1.54) is 29.7 Å². The number of carbonyl (C=O) groups is 2. The lowest BCUT2D eigenvalue weighted by Crippen LogP contribution is -2.39. The molecule has 0 spiro atoms. The fourth-order valence-electron chi connectivity index (χ4n) is 4.46. The molecule has 0 aliphatic carbocycles. The summed E-state index contributed by atoms with van der Waals surface area (Å²) in [6.07, 6.45) is 3.02. The molecule has 2 aromatic carbocycles. The topological polar surface area (TPSA) is 143 Å². The molecule has 0 saturated heterocycles. The van der Waals surface area contributed by atoms with Crippen molar-refractivity contribution in [3.63, 3.8) is 0 Å². The number of aromatic nitrogens is 1. The minimum Gasteiger partial charge on any atom is -0.458 e. The van der Waals surface area contributed by atoms with E-state index in [1.807, 2.05) is 0 Å². The highest BCUT2D eigenvalue weighted by atomic mass is 32.1. The molecule has 5 rings (SSSR count). The van der Waals surface area contributed by atoms with Crippen molar-refractivity contribution in [3.05, 3.63) is 126 Å². The third kappa shape index (κ3) is 5.60. The monoisotopic (exact) mass is 585 g/mol. The van der Waals surface area contributed by atoms with Gasteiger partial charge in [0.15, 0.2) is 4.80 Å². The molecule has 1 aliphatic heterocycles. The predicted octanol–water partition coefficient (Wildman–Crippen LogP) is 4.06. The number of furan rings is 1. The third-order valence-corrected chi connectivity index (χ3v) is 7.28. The highest BCUT2D eigenvalue weighted by Crippen LogP contribution is 2.32. The molecule has 4 aromatic rings. The van der Waals surface area contributed by atoms with Crippen LogP contribution in [0.1, 0.15) is 31.2 Å². The van der Waals surface area contributed by atoms with Crippen LogP contribution >= 0.6 is 11.3 Å². The fourth-order valence-corrected chi connectivity index (χ4v) is 5.48. The van der Waals surface area contributed by atoms with Crippen molar-refractivity contribution in [2.24, 2.45) is 4.99 Å². The van der Waals surface area contributed by atoms with E-state index in [1.54, 1.807) is 61.5 Å². The Labute approximate surface area is 242 Å². The molecule has 0 fully saturated rings. The number of fused-ring (bicyclic) bond motifs is 1. The highest BCUT2D eigenvalue weighted by Gasteiger charge is 2.33. The van der Waals surface area contributed by atoms with E-state index < -0.39 is 28.5 Å². The summed E-state index contributed by atoms with van der Waals surface area (Å²) in [6, 6.07) is 15.0. The Bertz CT molecular complexity index is 1930. The number of allylic oxidation sites excluding steroid dienone is 1. The predicted molar refractivity (Wildman–Crippen MR) is 153 cm³/mol. The van der Waals surface area contributed by atoms with E-state index in [-0.39, 0.29) is 17.9 Å². The molecule has 212 valence electrons. The number of carbonyl (C=O) groups excluding carboxylic acids is 2. The van der Waals surface area contributed by atoms with E-state index in [9.17, 15) is 24.5 Å². The van der Waals surface area contributed by atoms with Crippen LogP contribution < -0.4 is 19.6 Å². The van der Waals surface area contributed by atoms with Crippen LogP contribution in [0.2, 0.25) is 0 Å². The average molecular weight is 586 g/mol.